The molecule has 1 fully saturated rings. The van der Waals surface area contributed by atoms with Gasteiger partial charge in [-0.1, -0.05) is 61.9 Å². The van der Waals surface area contributed by atoms with Crippen LogP contribution < -0.4 is 10.1 Å². The van der Waals surface area contributed by atoms with Gasteiger partial charge in [-0.3, -0.25) is 9.36 Å². The standard InChI is InChI=1S/C25H30N4O2S/c1-18-8-6-7-11-22(18)26-24(30)17-32-25-28-27-23(16-19-9-4-3-5-10-19)29(25)20-12-14-21(31-2)15-13-20/h3-5,9-10,12-15,18,22H,6-8,11,16-17H2,1-2H3,(H,26,30)/t18-,22-/m0/s1. The van der Waals surface area contributed by atoms with Crippen LogP contribution in [0.25, 0.3) is 5.69 Å². The summed E-state index contributed by atoms with van der Waals surface area (Å²) in [4.78, 5) is 12.7. The average molecular weight is 451 g/mol. The molecule has 1 aliphatic rings. The molecule has 1 heterocycles. The molecular weight excluding hydrogens is 420 g/mol. The molecule has 7 heteroatoms. The van der Waals surface area contributed by atoms with Crippen molar-refractivity contribution in [2.75, 3.05) is 12.9 Å². The minimum atomic E-state index is 0.0580. The summed E-state index contributed by atoms with van der Waals surface area (Å²) < 4.78 is 7.34. The fourth-order valence-corrected chi connectivity index (χ4v) is 4.97. The van der Waals surface area contributed by atoms with Gasteiger partial charge in [0, 0.05) is 18.2 Å². The highest BCUT2D eigenvalue weighted by Crippen LogP contribution is 2.26. The SMILES string of the molecule is COc1ccc(-n2c(Cc3ccccc3)nnc2SCC(=O)N[C@H]2CCCC[C@@H]2C)cc1. The number of rotatable bonds is 8. The summed E-state index contributed by atoms with van der Waals surface area (Å²) in [5.41, 5.74) is 2.11. The number of nitrogens with zero attached hydrogens (tertiary/aromatic N) is 3. The number of amides is 1. The predicted octanol–water partition coefficient (Wildman–Crippen LogP) is 4.65. The smallest absolute Gasteiger partial charge is 0.230 e. The van der Waals surface area contributed by atoms with Gasteiger partial charge in [-0.05, 0) is 48.6 Å². The number of ether oxygens (including phenoxy) is 1. The third-order valence-electron chi connectivity index (χ3n) is 6.03. The Bertz CT molecular complexity index is 1020. The third kappa shape index (κ3) is 5.51. The second-order valence-corrected chi connectivity index (χ2v) is 9.26. The van der Waals surface area contributed by atoms with Crippen molar-refractivity contribution in [2.24, 2.45) is 5.92 Å². The summed E-state index contributed by atoms with van der Waals surface area (Å²) in [7, 11) is 1.65. The zero-order chi connectivity index (χ0) is 22.3. The van der Waals surface area contributed by atoms with Crippen molar-refractivity contribution < 1.29 is 9.53 Å². The fourth-order valence-electron chi connectivity index (χ4n) is 4.19. The number of aromatic nitrogens is 3. The van der Waals surface area contributed by atoms with Crippen LogP contribution in [-0.4, -0.2) is 39.6 Å². The number of hydrogen-bond donors (Lipinski definition) is 1. The first-order valence-electron chi connectivity index (χ1n) is 11.2. The molecular formula is C25H30N4O2S. The maximum atomic E-state index is 12.7. The Labute approximate surface area is 193 Å². The van der Waals surface area contributed by atoms with E-state index >= 15 is 0 Å². The van der Waals surface area contributed by atoms with E-state index in [0.717, 1.165) is 29.2 Å². The third-order valence-corrected chi connectivity index (χ3v) is 6.96. The Hall–Kier alpha value is -2.80. The van der Waals surface area contributed by atoms with Gasteiger partial charge >= 0.3 is 0 Å². The summed E-state index contributed by atoms with van der Waals surface area (Å²) in [5, 5.41) is 12.8. The quantitative estimate of drug-likeness (QED) is 0.506. The molecule has 2 atom stereocenters. The van der Waals surface area contributed by atoms with Gasteiger partial charge in [-0.25, -0.2) is 0 Å². The number of nitrogens with one attached hydrogen (secondary N) is 1. The van der Waals surface area contributed by atoms with Gasteiger partial charge in [0.1, 0.15) is 11.6 Å². The first-order chi connectivity index (χ1) is 15.6. The zero-order valence-corrected chi connectivity index (χ0v) is 19.5. The highest BCUT2D eigenvalue weighted by atomic mass is 32.2. The molecule has 1 saturated carbocycles. The van der Waals surface area contributed by atoms with E-state index in [-0.39, 0.29) is 11.9 Å². The largest absolute Gasteiger partial charge is 0.497 e. The van der Waals surface area contributed by atoms with Crippen LogP contribution in [0.3, 0.4) is 0 Å². The van der Waals surface area contributed by atoms with Crippen LogP contribution in [0, 0.1) is 5.92 Å². The summed E-state index contributed by atoms with van der Waals surface area (Å²) in [6, 6.07) is 18.3. The van der Waals surface area contributed by atoms with Crippen molar-refractivity contribution in [2.45, 2.75) is 50.2 Å². The molecule has 2 aromatic carbocycles. The molecule has 0 saturated heterocycles. The molecule has 4 rings (SSSR count). The number of carbonyl (C=O) groups excluding carboxylic acids is 1. The molecule has 6 nitrogen and oxygen atoms in total. The van der Waals surface area contributed by atoms with Crippen LogP contribution in [0.5, 0.6) is 5.75 Å². The van der Waals surface area contributed by atoms with E-state index in [2.05, 4.69) is 34.6 Å². The molecule has 0 aliphatic heterocycles. The lowest BCUT2D eigenvalue weighted by Gasteiger charge is -2.29. The minimum absolute atomic E-state index is 0.0580. The van der Waals surface area contributed by atoms with E-state index in [1.807, 2.05) is 47.0 Å². The average Bonchev–Trinajstić information content (AvgIpc) is 3.22. The van der Waals surface area contributed by atoms with Crippen molar-refractivity contribution in [3.05, 3.63) is 66.0 Å². The van der Waals surface area contributed by atoms with Crippen LogP contribution in [0.2, 0.25) is 0 Å². The first kappa shape index (κ1) is 22.4. The first-order valence-corrected chi connectivity index (χ1v) is 12.2. The van der Waals surface area contributed by atoms with Gasteiger partial charge in [-0.2, -0.15) is 0 Å². The molecule has 1 N–H and O–H groups in total. The predicted molar refractivity (Wildman–Crippen MR) is 127 cm³/mol. The van der Waals surface area contributed by atoms with Crippen molar-refractivity contribution in [3.8, 4) is 11.4 Å². The molecule has 0 spiro atoms. The molecule has 0 radical (unpaired) electrons. The maximum Gasteiger partial charge on any atom is 0.230 e. The molecule has 0 unspecified atom stereocenters. The fraction of sp³-hybridized carbons (Fsp3) is 0.400. The number of carbonyl (C=O) groups is 1. The molecule has 1 aliphatic carbocycles. The Morgan fingerprint density at radius 3 is 2.56 bits per heavy atom. The van der Waals surface area contributed by atoms with Crippen molar-refractivity contribution >= 4 is 17.7 Å². The lowest BCUT2D eigenvalue weighted by molar-refractivity contribution is -0.119. The minimum Gasteiger partial charge on any atom is -0.497 e. The van der Waals surface area contributed by atoms with Crippen LogP contribution in [0.4, 0.5) is 0 Å². The molecule has 0 bridgehead atoms. The van der Waals surface area contributed by atoms with Gasteiger partial charge in [0.2, 0.25) is 5.91 Å². The number of benzene rings is 2. The zero-order valence-electron chi connectivity index (χ0n) is 18.7. The van der Waals surface area contributed by atoms with Crippen LogP contribution in [0.1, 0.15) is 44.0 Å². The maximum absolute atomic E-state index is 12.7. The number of thioether (sulfide) groups is 1. The second-order valence-electron chi connectivity index (χ2n) is 8.32. The van der Waals surface area contributed by atoms with E-state index in [1.165, 1.54) is 31.0 Å². The van der Waals surface area contributed by atoms with E-state index < -0.39 is 0 Å². The second kappa shape index (κ2) is 10.7. The van der Waals surface area contributed by atoms with Gasteiger partial charge in [0.15, 0.2) is 5.16 Å². The molecule has 32 heavy (non-hydrogen) atoms. The van der Waals surface area contributed by atoms with Gasteiger partial charge in [-0.15, -0.1) is 10.2 Å². The molecule has 168 valence electrons. The summed E-state index contributed by atoms with van der Waals surface area (Å²) in [6.07, 6.45) is 5.37. The lowest BCUT2D eigenvalue weighted by atomic mass is 9.86. The number of hydrogen-bond acceptors (Lipinski definition) is 5. The summed E-state index contributed by atoms with van der Waals surface area (Å²) >= 11 is 1.43. The van der Waals surface area contributed by atoms with Crippen molar-refractivity contribution in [1.82, 2.24) is 20.1 Å². The highest BCUT2D eigenvalue weighted by molar-refractivity contribution is 7.99. The van der Waals surface area contributed by atoms with Crippen molar-refractivity contribution in [3.63, 3.8) is 0 Å². The van der Waals surface area contributed by atoms with Crippen LogP contribution in [-0.2, 0) is 11.2 Å². The van der Waals surface area contributed by atoms with Crippen LogP contribution >= 0.6 is 11.8 Å². The van der Waals surface area contributed by atoms with E-state index in [1.54, 1.807) is 7.11 Å². The normalized spacial score (nSPS) is 18.3. The van der Waals surface area contributed by atoms with E-state index in [0.29, 0.717) is 23.2 Å². The van der Waals surface area contributed by atoms with Gasteiger partial charge in [0.05, 0.1) is 12.9 Å². The van der Waals surface area contributed by atoms with Crippen molar-refractivity contribution in [1.29, 1.82) is 0 Å². The Morgan fingerprint density at radius 1 is 1.09 bits per heavy atom. The number of methoxy groups -OCH3 is 1. The summed E-state index contributed by atoms with van der Waals surface area (Å²) in [6.45, 7) is 2.23. The van der Waals surface area contributed by atoms with E-state index in [4.69, 9.17) is 4.74 Å². The van der Waals surface area contributed by atoms with E-state index in [9.17, 15) is 4.79 Å². The Balaban J connectivity index is 1.52. The topological polar surface area (TPSA) is 69.0 Å². The van der Waals surface area contributed by atoms with Crippen LogP contribution in [0.15, 0.2) is 59.8 Å². The Kier molecular flexibility index (Phi) is 7.47. The molecule has 1 amide bonds. The van der Waals surface area contributed by atoms with Gasteiger partial charge < -0.3 is 10.1 Å². The summed E-state index contributed by atoms with van der Waals surface area (Å²) in [5.74, 6) is 2.55. The molecule has 3 aromatic rings. The Morgan fingerprint density at radius 2 is 1.84 bits per heavy atom. The van der Waals surface area contributed by atoms with Gasteiger partial charge in [0.25, 0.3) is 0 Å². The molecule has 1 aromatic heterocycles. The lowest BCUT2D eigenvalue weighted by Crippen LogP contribution is -2.41. The highest BCUT2D eigenvalue weighted by Gasteiger charge is 2.23. The monoisotopic (exact) mass is 450 g/mol.